The zero-order valence-corrected chi connectivity index (χ0v) is 40.8. The van der Waals surface area contributed by atoms with Gasteiger partial charge in [-0.05, 0) is 94.3 Å². The molecule has 1 aromatic heterocycles. The number of aromatic hydroxyl groups is 2. The Balaban J connectivity index is 1.46. The maximum atomic E-state index is 12.4. The Labute approximate surface area is 396 Å². The zero-order valence-electron chi connectivity index (χ0n) is 37.5. The van der Waals surface area contributed by atoms with E-state index in [4.69, 9.17) is 9.57 Å². The van der Waals surface area contributed by atoms with Crippen LogP contribution in [0, 0.1) is 0 Å². The van der Waals surface area contributed by atoms with E-state index in [2.05, 4.69) is 0 Å². The summed E-state index contributed by atoms with van der Waals surface area (Å²) in [5.74, 6) is -2.74. The number of benzene rings is 2. The van der Waals surface area contributed by atoms with Gasteiger partial charge in [0.2, 0.25) is 17.4 Å². The highest BCUT2D eigenvalue weighted by atomic mass is 32.2. The molecule has 2 aliphatic heterocycles. The van der Waals surface area contributed by atoms with Crippen LogP contribution in [0.3, 0.4) is 0 Å². The van der Waals surface area contributed by atoms with Crippen molar-refractivity contribution in [1.82, 2.24) is 4.73 Å². The summed E-state index contributed by atoms with van der Waals surface area (Å²) in [5, 5.41) is 19.6. The zero-order chi connectivity index (χ0) is 50.3. The van der Waals surface area contributed by atoms with E-state index in [1.807, 2.05) is 9.48 Å². The Kier molecular flexibility index (Phi) is 17.1. The second-order valence-corrected chi connectivity index (χ2v) is 22.7. The minimum Gasteiger partial charge on any atom is -0.492 e. The van der Waals surface area contributed by atoms with Crippen molar-refractivity contribution >= 4 is 63.5 Å². The van der Waals surface area contributed by atoms with Crippen LogP contribution in [0.5, 0.6) is 11.8 Å². The first-order valence-electron chi connectivity index (χ1n) is 21.3. The predicted molar refractivity (Wildman–Crippen MR) is 251 cm³/mol. The van der Waals surface area contributed by atoms with Crippen molar-refractivity contribution in [3.63, 3.8) is 0 Å². The standard InChI is InChI=1S/C44H55N3O17S4/c1-43(23-12-28-65(51,52)53)34-30-32(67(57,58)59)17-19-36(34)45(25-11-7-10-16-42(50)64-47-40(48)21-22-41(47)49)38(43)14-8-5-4-6-9-15-39-44(2,24-13-29-66(54,55)56)35-31-33(68(60,61)62)18-20-37(35)46(39)26-27-63-3/h4-6,8-9,14-15,17-22,30-31H,7,10-13,16,23-29H2,1-3H3,(H5-,48,49,51,52,53,54,55,56,57,58,59,60,61,62)/p+1. The molecule has 68 heavy (non-hydrogen) atoms. The van der Waals surface area contributed by atoms with Crippen molar-refractivity contribution in [2.75, 3.05) is 43.2 Å². The third-order valence-electron chi connectivity index (χ3n) is 11.9. The number of nitrogens with zero attached hydrogens (tertiary/aromatic N) is 3. The van der Waals surface area contributed by atoms with E-state index in [0.717, 1.165) is 12.1 Å². The average Bonchev–Trinajstić information content (AvgIpc) is 3.76. The summed E-state index contributed by atoms with van der Waals surface area (Å²) >= 11 is 0. The second-order valence-electron chi connectivity index (χ2n) is 16.7. The molecular formula is C44H56N3O17S4+. The summed E-state index contributed by atoms with van der Waals surface area (Å²) in [6.45, 7) is 4.53. The lowest BCUT2D eigenvalue weighted by atomic mass is 9.76. The number of carbonyl (C=O) groups excluding carboxylic acids is 1. The molecular weight excluding hydrogens is 971 g/mol. The van der Waals surface area contributed by atoms with E-state index in [-0.39, 0.29) is 48.5 Å². The van der Waals surface area contributed by atoms with Gasteiger partial charge in [0.25, 0.3) is 40.5 Å². The fourth-order valence-electron chi connectivity index (χ4n) is 8.64. The predicted octanol–water partition coefficient (Wildman–Crippen LogP) is 5.28. The molecule has 24 heteroatoms. The molecule has 3 heterocycles. The minimum absolute atomic E-state index is 0.0159. The van der Waals surface area contributed by atoms with E-state index < -0.39 is 80.5 Å². The fraction of sp³-hybridized carbons (Fsp3) is 0.409. The summed E-state index contributed by atoms with van der Waals surface area (Å²) in [6, 6.07) is 10.6. The lowest BCUT2D eigenvalue weighted by Crippen LogP contribution is -2.32. The van der Waals surface area contributed by atoms with Crippen molar-refractivity contribution in [2.24, 2.45) is 0 Å². The van der Waals surface area contributed by atoms with Gasteiger partial charge in [0, 0.05) is 73.1 Å². The van der Waals surface area contributed by atoms with Crippen LogP contribution in [0.4, 0.5) is 11.4 Å². The topological polar surface area (TPSA) is 305 Å². The molecule has 6 N–H and O–H groups in total. The minimum atomic E-state index is -4.66. The summed E-state index contributed by atoms with van der Waals surface area (Å²) in [5.41, 5.74) is 1.43. The number of methoxy groups -OCH3 is 1. The van der Waals surface area contributed by atoms with Crippen molar-refractivity contribution in [2.45, 2.75) is 85.8 Å². The van der Waals surface area contributed by atoms with Crippen LogP contribution < -0.4 is 9.74 Å². The number of ether oxygens (including phenoxy) is 1. The van der Waals surface area contributed by atoms with Crippen LogP contribution in [-0.4, -0.2) is 121 Å². The Hall–Kier alpha value is -5.18. The van der Waals surface area contributed by atoms with Crippen LogP contribution in [-0.2, 0) is 60.8 Å². The van der Waals surface area contributed by atoms with Crippen LogP contribution in [0.15, 0.2) is 107 Å². The van der Waals surface area contributed by atoms with Gasteiger partial charge in [-0.1, -0.05) is 30.4 Å². The SMILES string of the molecule is COCCN1C(=CC=CC=CC=CC2=[N+](CCCCCC(=O)On3c(O)ccc3O)c3ccc(S(=O)(=O)O)cc3C2(C)CCCS(=O)(=O)O)C(C)(CCCS(=O)(=O)O)c2cc(S(=O)(=O)O)ccc21. The lowest BCUT2D eigenvalue weighted by molar-refractivity contribution is -0.438. The third-order valence-corrected chi connectivity index (χ3v) is 15.2. The number of carbonyl (C=O) groups is 1. The van der Waals surface area contributed by atoms with Gasteiger partial charge in [-0.2, -0.15) is 38.2 Å². The largest absolute Gasteiger partial charge is 0.492 e. The molecule has 0 fully saturated rings. The summed E-state index contributed by atoms with van der Waals surface area (Å²) < 4.78 is 143. The monoisotopic (exact) mass is 1030 g/mol. The molecule has 20 nitrogen and oxygen atoms in total. The van der Waals surface area contributed by atoms with Gasteiger partial charge >= 0.3 is 5.97 Å². The number of hydrogen-bond donors (Lipinski definition) is 6. The highest BCUT2D eigenvalue weighted by Gasteiger charge is 2.48. The fourth-order valence-corrected chi connectivity index (χ4v) is 10.7. The molecule has 0 radical (unpaired) electrons. The molecule has 0 bridgehead atoms. The smallest absolute Gasteiger partial charge is 0.333 e. The molecule has 2 atom stereocenters. The number of rotatable bonds is 24. The Bertz CT molecular complexity index is 2970. The van der Waals surface area contributed by atoms with Gasteiger partial charge in [0.1, 0.15) is 6.54 Å². The first-order chi connectivity index (χ1) is 31.7. The van der Waals surface area contributed by atoms with Crippen LogP contribution in [0.25, 0.3) is 0 Å². The van der Waals surface area contributed by atoms with E-state index in [0.29, 0.717) is 71.0 Å². The molecule has 372 valence electrons. The molecule has 0 saturated heterocycles. The maximum absolute atomic E-state index is 12.4. The third kappa shape index (κ3) is 13.3. The van der Waals surface area contributed by atoms with Crippen LogP contribution in [0.1, 0.15) is 76.3 Å². The van der Waals surface area contributed by atoms with E-state index in [9.17, 15) is 66.9 Å². The van der Waals surface area contributed by atoms with Gasteiger partial charge in [0.15, 0.2) is 5.71 Å². The van der Waals surface area contributed by atoms with Crippen molar-refractivity contribution in [3.05, 3.63) is 108 Å². The molecule has 2 unspecified atom stereocenters. The van der Waals surface area contributed by atoms with Gasteiger partial charge in [-0.25, -0.2) is 4.79 Å². The molecule has 5 rings (SSSR count). The number of anilines is 1. The summed E-state index contributed by atoms with van der Waals surface area (Å²) in [6.07, 6.45) is 13.7. The summed E-state index contributed by atoms with van der Waals surface area (Å²) in [4.78, 5) is 18.6. The Morgan fingerprint density at radius 2 is 1.25 bits per heavy atom. The second kappa shape index (κ2) is 21.6. The van der Waals surface area contributed by atoms with E-state index in [1.54, 1.807) is 62.4 Å². The number of allylic oxidation sites excluding steroid dienone is 8. The number of aromatic nitrogens is 1. The molecule has 2 aromatic carbocycles. The van der Waals surface area contributed by atoms with Gasteiger partial charge in [-0.3, -0.25) is 18.2 Å². The van der Waals surface area contributed by atoms with E-state index in [1.165, 1.54) is 37.4 Å². The first kappa shape index (κ1) is 53.8. The maximum Gasteiger partial charge on any atom is 0.333 e. The Morgan fingerprint density at radius 1 is 0.691 bits per heavy atom. The van der Waals surface area contributed by atoms with Crippen molar-refractivity contribution < 1.29 is 81.0 Å². The number of fused-ring (bicyclic) bond motifs is 2. The highest BCUT2D eigenvalue weighted by Crippen LogP contribution is 2.51. The molecule has 0 spiro atoms. The molecule has 0 saturated carbocycles. The molecule has 0 amide bonds. The summed E-state index contributed by atoms with van der Waals surface area (Å²) in [7, 11) is -16.4. The highest BCUT2D eigenvalue weighted by molar-refractivity contribution is 7.86. The van der Waals surface area contributed by atoms with E-state index >= 15 is 0 Å². The van der Waals surface area contributed by atoms with Gasteiger partial charge < -0.3 is 24.7 Å². The number of hydrogen-bond acceptors (Lipinski definition) is 14. The van der Waals surface area contributed by atoms with Crippen molar-refractivity contribution in [1.29, 1.82) is 0 Å². The average molecular weight is 1030 g/mol. The normalized spacial score (nSPS) is 19.6. The molecule has 0 aliphatic carbocycles. The Morgan fingerprint density at radius 3 is 1.84 bits per heavy atom. The van der Waals surface area contributed by atoms with Crippen LogP contribution in [0.2, 0.25) is 0 Å². The van der Waals surface area contributed by atoms with Gasteiger partial charge in [0.05, 0.1) is 33.3 Å². The van der Waals surface area contributed by atoms with Crippen LogP contribution >= 0.6 is 0 Å². The number of unbranched alkanes of at least 4 members (excludes halogenated alkanes) is 2. The lowest BCUT2D eigenvalue weighted by Gasteiger charge is -2.30. The molecule has 3 aromatic rings. The van der Waals surface area contributed by atoms with Crippen molar-refractivity contribution in [3.8, 4) is 11.8 Å². The quantitative estimate of drug-likeness (QED) is 0.0288. The van der Waals surface area contributed by atoms with Gasteiger partial charge in [-0.15, -0.1) is 4.73 Å². The molecule has 2 aliphatic rings. The first-order valence-corrected chi connectivity index (χ1v) is 27.4.